The number of unbranched alkanes of at least 4 members (excludes halogenated alkanes) is 18. The molecule has 0 amide bonds. The molecule has 0 atom stereocenters. The smallest absolute Gasteiger partial charge is 0.339 e. The van der Waals surface area contributed by atoms with Gasteiger partial charge in [0.2, 0.25) is 0 Å². The van der Waals surface area contributed by atoms with Crippen LogP contribution >= 0.6 is 0 Å². The van der Waals surface area contributed by atoms with E-state index in [0.29, 0.717) is 24.3 Å². The van der Waals surface area contributed by atoms with Gasteiger partial charge in [-0.1, -0.05) is 129 Å². The van der Waals surface area contributed by atoms with Crippen LogP contribution in [-0.4, -0.2) is 38.4 Å². The van der Waals surface area contributed by atoms with Crippen LogP contribution in [0.4, 0.5) is 0 Å². The average molecular weight is 687 g/mol. The second kappa shape index (κ2) is 30.0. The van der Waals surface area contributed by atoms with Crippen molar-refractivity contribution in [2.75, 3.05) is 26.4 Å². The van der Waals surface area contributed by atoms with Gasteiger partial charge in [0.05, 0.1) is 24.3 Å². The van der Waals surface area contributed by atoms with Crippen LogP contribution in [0, 0.1) is 23.7 Å². The maximum absolute atomic E-state index is 12.3. The number of hydrogen-bond donors (Lipinski definition) is 0. The van der Waals surface area contributed by atoms with Crippen LogP contribution in [0.15, 0.2) is 48.5 Å². The fraction of sp³-hybridized carbons (Fsp3) is 0.591. The lowest BCUT2D eigenvalue weighted by molar-refractivity contribution is 0.0547. The second-order valence-corrected chi connectivity index (χ2v) is 12.9. The molecule has 2 aromatic carbocycles. The van der Waals surface area contributed by atoms with Gasteiger partial charge in [0, 0.05) is 0 Å². The first-order chi connectivity index (χ1) is 24.6. The molecule has 50 heavy (non-hydrogen) atoms. The van der Waals surface area contributed by atoms with E-state index >= 15 is 0 Å². The summed E-state index contributed by atoms with van der Waals surface area (Å²) in [5, 5.41) is 0. The molecule has 0 fully saturated rings. The molecule has 0 aliphatic carbocycles. The van der Waals surface area contributed by atoms with Gasteiger partial charge in [0.25, 0.3) is 0 Å². The summed E-state index contributed by atoms with van der Waals surface area (Å²) in [5.41, 5.74) is 0.870. The maximum Gasteiger partial charge on any atom is 0.339 e. The van der Waals surface area contributed by atoms with E-state index in [2.05, 4.69) is 37.5 Å². The van der Waals surface area contributed by atoms with Gasteiger partial charge in [-0.05, 0) is 85.1 Å². The van der Waals surface area contributed by atoms with Crippen LogP contribution in [0.1, 0.15) is 163 Å². The normalized spacial score (nSPS) is 10.4. The molecule has 2 rings (SSSR count). The van der Waals surface area contributed by atoms with Crippen molar-refractivity contribution in [3.8, 4) is 35.2 Å². The molecule has 0 bridgehead atoms. The molecule has 0 heterocycles. The van der Waals surface area contributed by atoms with Crippen LogP contribution in [0.25, 0.3) is 0 Å². The van der Waals surface area contributed by atoms with E-state index in [9.17, 15) is 9.59 Å². The van der Waals surface area contributed by atoms with Crippen LogP contribution in [0.3, 0.4) is 0 Å². The zero-order valence-corrected chi connectivity index (χ0v) is 31.0. The van der Waals surface area contributed by atoms with E-state index in [0.717, 1.165) is 24.3 Å². The van der Waals surface area contributed by atoms with E-state index in [4.69, 9.17) is 18.9 Å². The highest BCUT2D eigenvalue weighted by molar-refractivity contribution is 5.90. The van der Waals surface area contributed by atoms with Crippen LogP contribution in [-0.2, 0) is 9.47 Å². The Labute approximate surface area is 303 Å². The van der Waals surface area contributed by atoms with E-state index in [-0.39, 0.29) is 13.2 Å². The molecule has 0 N–H and O–H groups in total. The second-order valence-electron chi connectivity index (χ2n) is 12.9. The highest BCUT2D eigenvalue weighted by Crippen LogP contribution is 2.16. The summed E-state index contributed by atoms with van der Waals surface area (Å²) in [6, 6.07) is 13.9. The van der Waals surface area contributed by atoms with Gasteiger partial charge in [0.15, 0.2) is 13.2 Å². The molecule has 0 radical (unpaired) electrons. The zero-order chi connectivity index (χ0) is 35.7. The summed E-state index contributed by atoms with van der Waals surface area (Å²) >= 11 is 0. The number of carbonyl (C=O) groups excluding carboxylic acids is 2. The monoisotopic (exact) mass is 686 g/mol. The minimum atomic E-state index is -0.461. The molecule has 0 saturated carbocycles. The zero-order valence-electron chi connectivity index (χ0n) is 31.0. The number of carbonyl (C=O) groups is 2. The van der Waals surface area contributed by atoms with Gasteiger partial charge in [-0.15, -0.1) is 0 Å². The van der Waals surface area contributed by atoms with Gasteiger partial charge in [-0.25, -0.2) is 9.59 Å². The van der Waals surface area contributed by atoms with Crippen molar-refractivity contribution in [3.05, 3.63) is 59.7 Å². The molecule has 0 saturated heterocycles. The summed E-state index contributed by atoms with van der Waals surface area (Å²) in [6.07, 6.45) is 25.8. The van der Waals surface area contributed by atoms with Crippen molar-refractivity contribution in [1.82, 2.24) is 0 Å². The van der Waals surface area contributed by atoms with E-state index in [1.165, 1.54) is 116 Å². The SMILES string of the molecule is CCCCCCCCCCCCOc1ccc(C(=O)OCC#CC#CCOC(=O)c2ccc(OCCCCCCCCCCCC)cc2)cc1. The van der Waals surface area contributed by atoms with E-state index in [1.807, 2.05) is 0 Å². The summed E-state index contributed by atoms with van der Waals surface area (Å²) in [7, 11) is 0. The number of esters is 2. The Balaban J connectivity index is 1.50. The quantitative estimate of drug-likeness (QED) is 0.0504. The minimum absolute atomic E-state index is 0.0854. The van der Waals surface area contributed by atoms with Crippen molar-refractivity contribution < 1.29 is 28.5 Å². The van der Waals surface area contributed by atoms with Crippen molar-refractivity contribution in [2.45, 2.75) is 142 Å². The molecule has 2 aromatic rings. The number of hydrogen-bond acceptors (Lipinski definition) is 6. The molecule has 0 unspecified atom stereocenters. The fourth-order valence-electron chi connectivity index (χ4n) is 5.46. The lowest BCUT2D eigenvalue weighted by Gasteiger charge is -2.07. The van der Waals surface area contributed by atoms with Gasteiger partial charge in [-0.3, -0.25) is 0 Å². The fourth-order valence-corrected chi connectivity index (χ4v) is 5.46. The number of benzene rings is 2. The van der Waals surface area contributed by atoms with Crippen molar-refractivity contribution in [1.29, 1.82) is 0 Å². The van der Waals surface area contributed by atoms with Crippen molar-refractivity contribution >= 4 is 11.9 Å². The molecule has 0 aromatic heterocycles. The first-order valence-corrected chi connectivity index (χ1v) is 19.4. The Hall–Kier alpha value is -3.90. The first kappa shape index (κ1) is 42.3. The summed E-state index contributed by atoms with van der Waals surface area (Å²) in [5.74, 6) is 11.2. The van der Waals surface area contributed by atoms with Crippen molar-refractivity contribution in [2.24, 2.45) is 0 Å². The predicted molar refractivity (Wildman–Crippen MR) is 204 cm³/mol. The van der Waals surface area contributed by atoms with Crippen LogP contribution < -0.4 is 9.47 Å². The Morgan fingerprint density at radius 3 is 1.06 bits per heavy atom. The van der Waals surface area contributed by atoms with Gasteiger partial charge >= 0.3 is 11.9 Å². The maximum atomic E-state index is 12.3. The van der Waals surface area contributed by atoms with Gasteiger partial charge in [0.1, 0.15) is 11.5 Å². The van der Waals surface area contributed by atoms with Crippen LogP contribution in [0.5, 0.6) is 11.5 Å². The molecular formula is C44H62O6. The van der Waals surface area contributed by atoms with Gasteiger partial charge in [-0.2, -0.15) is 0 Å². The molecule has 6 nitrogen and oxygen atoms in total. The third-order valence-corrected chi connectivity index (χ3v) is 8.50. The van der Waals surface area contributed by atoms with Gasteiger partial charge < -0.3 is 18.9 Å². The highest BCUT2D eigenvalue weighted by Gasteiger charge is 2.07. The third-order valence-electron chi connectivity index (χ3n) is 8.50. The van der Waals surface area contributed by atoms with Crippen LogP contribution in [0.2, 0.25) is 0 Å². The average Bonchev–Trinajstić information content (AvgIpc) is 3.14. The first-order valence-electron chi connectivity index (χ1n) is 19.4. The molecule has 0 spiro atoms. The lowest BCUT2D eigenvalue weighted by atomic mass is 10.1. The summed E-state index contributed by atoms with van der Waals surface area (Å²) in [6.45, 7) is 5.69. The highest BCUT2D eigenvalue weighted by atomic mass is 16.5. The molecule has 0 aliphatic heterocycles. The minimum Gasteiger partial charge on any atom is -0.494 e. The lowest BCUT2D eigenvalue weighted by Crippen LogP contribution is -2.05. The molecule has 0 aliphatic rings. The molecule has 6 heteroatoms. The van der Waals surface area contributed by atoms with E-state index in [1.54, 1.807) is 48.5 Å². The Bertz CT molecular complexity index is 1170. The summed E-state index contributed by atoms with van der Waals surface area (Å²) in [4.78, 5) is 24.6. The Kier molecular flexibility index (Phi) is 25.3. The number of rotatable bonds is 28. The Morgan fingerprint density at radius 2 is 0.740 bits per heavy atom. The molecule has 274 valence electrons. The van der Waals surface area contributed by atoms with E-state index < -0.39 is 11.9 Å². The standard InChI is InChI=1S/C44H62O6/c1-3-5-7-9-11-13-15-17-19-23-35-47-41-31-27-39(28-32-41)43(45)49-37-25-21-22-26-38-50-44(46)40-29-33-42(34-30-40)48-36-24-20-18-16-14-12-10-8-6-4-2/h27-34H,3-20,23-24,35-38H2,1-2H3. The largest absolute Gasteiger partial charge is 0.494 e. The Morgan fingerprint density at radius 1 is 0.440 bits per heavy atom. The predicted octanol–water partition coefficient (Wildman–Crippen LogP) is 11.3. The molecular weight excluding hydrogens is 624 g/mol. The van der Waals surface area contributed by atoms with Crippen molar-refractivity contribution in [3.63, 3.8) is 0 Å². The summed E-state index contributed by atoms with van der Waals surface area (Å²) < 4.78 is 22.0. The topological polar surface area (TPSA) is 71.1 Å². The third kappa shape index (κ3) is 21.9. The number of ether oxygens (including phenoxy) is 4.